The van der Waals surface area contributed by atoms with Gasteiger partial charge in [-0.1, -0.05) is 18.2 Å². The van der Waals surface area contributed by atoms with Crippen molar-refractivity contribution in [2.24, 2.45) is 5.73 Å². The van der Waals surface area contributed by atoms with Gasteiger partial charge in [0, 0.05) is 10.9 Å². The molecule has 2 heterocycles. The molecular weight excluding hydrogens is 248 g/mol. The third-order valence-electron chi connectivity index (χ3n) is 3.02. The lowest BCUT2D eigenvalue weighted by Gasteiger charge is -1.98. The number of aromatic nitrogens is 1. The van der Waals surface area contributed by atoms with Crippen LogP contribution in [-0.4, -0.2) is 10.9 Å². The van der Waals surface area contributed by atoms with Crippen LogP contribution in [0.4, 0.5) is 0 Å². The number of aryl methyl sites for hydroxylation is 1. The van der Waals surface area contributed by atoms with Gasteiger partial charge in [-0.3, -0.25) is 9.59 Å². The zero-order valence-electron chi connectivity index (χ0n) is 9.61. The smallest absolute Gasteiger partial charge is 0.259 e. The molecule has 0 fully saturated rings. The lowest BCUT2D eigenvalue weighted by Crippen LogP contribution is -2.11. The zero-order chi connectivity index (χ0) is 12.9. The highest BCUT2D eigenvalue weighted by Gasteiger charge is 2.17. The first-order valence-electron chi connectivity index (χ1n) is 5.43. The summed E-state index contributed by atoms with van der Waals surface area (Å²) in [5.74, 6) is -0.489. The number of fused-ring (bicyclic) bond motifs is 3. The van der Waals surface area contributed by atoms with Crippen LogP contribution in [0.3, 0.4) is 0 Å². The molecule has 0 atom stereocenters. The second-order valence-electron chi connectivity index (χ2n) is 4.12. The van der Waals surface area contributed by atoms with Gasteiger partial charge >= 0.3 is 0 Å². The van der Waals surface area contributed by atoms with E-state index in [1.165, 1.54) is 11.3 Å². The molecule has 0 spiro atoms. The Morgan fingerprint density at radius 3 is 2.78 bits per heavy atom. The van der Waals surface area contributed by atoms with E-state index in [4.69, 9.17) is 5.73 Å². The molecule has 18 heavy (non-hydrogen) atoms. The minimum Gasteiger partial charge on any atom is -0.365 e. The lowest BCUT2D eigenvalue weighted by molar-refractivity contribution is 0.100. The summed E-state index contributed by atoms with van der Waals surface area (Å²) < 4.78 is 0.820. The van der Waals surface area contributed by atoms with Crippen molar-refractivity contribution in [2.45, 2.75) is 6.92 Å². The first-order valence-corrected chi connectivity index (χ1v) is 6.25. The molecule has 0 saturated carbocycles. The quantitative estimate of drug-likeness (QED) is 0.701. The summed E-state index contributed by atoms with van der Waals surface area (Å²) in [4.78, 5) is 26.7. The topological polar surface area (TPSA) is 76.0 Å². The van der Waals surface area contributed by atoms with Crippen LogP contribution in [0.1, 0.15) is 15.2 Å². The Hall–Kier alpha value is -2.14. The summed E-state index contributed by atoms with van der Waals surface area (Å²) in [6.45, 7) is 1.75. The molecule has 0 saturated heterocycles. The molecule has 2 aromatic heterocycles. The second-order valence-corrected chi connectivity index (χ2v) is 5.14. The van der Waals surface area contributed by atoms with Gasteiger partial charge in [-0.2, -0.15) is 0 Å². The first-order chi connectivity index (χ1) is 8.59. The van der Waals surface area contributed by atoms with E-state index < -0.39 is 5.91 Å². The Bertz CT molecular complexity index is 845. The Morgan fingerprint density at radius 2 is 2.06 bits per heavy atom. The molecule has 0 aliphatic carbocycles. The maximum atomic E-state index is 12.0. The van der Waals surface area contributed by atoms with E-state index >= 15 is 0 Å². The number of carbonyl (C=O) groups is 1. The van der Waals surface area contributed by atoms with Gasteiger partial charge in [0.25, 0.3) is 11.5 Å². The number of hydrogen-bond acceptors (Lipinski definition) is 3. The van der Waals surface area contributed by atoms with Crippen LogP contribution in [0.5, 0.6) is 0 Å². The van der Waals surface area contributed by atoms with Crippen molar-refractivity contribution in [3.05, 3.63) is 45.1 Å². The third kappa shape index (κ3) is 1.37. The summed E-state index contributed by atoms with van der Waals surface area (Å²) in [7, 11) is 0. The van der Waals surface area contributed by atoms with E-state index in [2.05, 4.69) is 4.98 Å². The maximum absolute atomic E-state index is 12.0. The predicted octanol–water partition coefficient (Wildman–Crippen LogP) is 2.15. The van der Waals surface area contributed by atoms with E-state index in [1.54, 1.807) is 6.92 Å². The summed E-state index contributed by atoms with van der Waals surface area (Å²) in [6, 6.07) is 7.53. The molecule has 3 aromatic rings. The Labute approximate surface area is 106 Å². The van der Waals surface area contributed by atoms with Crippen molar-refractivity contribution in [1.82, 2.24) is 4.98 Å². The van der Waals surface area contributed by atoms with Crippen LogP contribution in [0, 0.1) is 6.92 Å². The number of para-hydroxylation sites is 1. The van der Waals surface area contributed by atoms with E-state index in [-0.39, 0.29) is 5.56 Å². The highest BCUT2D eigenvalue weighted by atomic mass is 32.1. The molecule has 0 aliphatic heterocycles. The summed E-state index contributed by atoms with van der Waals surface area (Å²) in [5.41, 5.74) is 6.59. The van der Waals surface area contributed by atoms with Crippen molar-refractivity contribution in [3.63, 3.8) is 0 Å². The summed E-state index contributed by atoms with van der Waals surface area (Å²) in [6.07, 6.45) is 0. The molecule has 0 unspecified atom stereocenters. The van der Waals surface area contributed by atoms with Gasteiger partial charge in [0.15, 0.2) is 0 Å². The number of nitrogens with one attached hydrogen (secondary N) is 1. The molecule has 0 aliphatic rings. The van der Waals surface area contributed by atoms with Crippen molar-refractivity contribution < 1.29 is 4.79 Å². The number of carbonyl (C=O) groups excluding carboxylic acids is 1. The van der Waals surface area contributed by atoms with Crippen LogP contribution >= 0.6 is 11.3 Å². The number of thiophene rings is 1. The molecule has 3 rings (SSSR count). The van der Waals surface area contributed by atoms with Crippen LogP contribution in [-0.2, 0) is 0 Å². The lowest BCUT2D eigenvalue weighted by atomic mass is 10.1. The molecule has 0 radical (unpaired) electrons. The van der Waals surface area contributed by atoms with Gasteiger partial charge < -0.3 is 10.7 Å². The number of primary amides is 1. The summed E-state index contributed by atoms with van der Waals surface area (Å²) >= 11 is 1.28. The predicted molar refractivity (Wildman–Crippen MR) is 73.2 cm³/mol. The molecule has 90 valence electrons. The van der Waals surface area contributed by atoms with Gasteiger partial charge in [-0.05, 0) is 18.6 Å². The standard InChI is InChI=1S/C13H10N2O2S/c1-6-9-11(18-10(6)12(14)16)7-4-2-3-5-8(7)15-13(9)17/h2-5H,1H3,(H2,14,16)(H,15,17). The highest BCUT2D eigenvalue weighted by Crippen LogP contribution is 2.32. The fraction of sp³-hybridized carbons (Fsp3) is 0.0769. The largest absolute Gasteiger partial charge is 0.365 e. The van der Waals surface area contributed by atoms with Gasteiger partial charge in [0.05, 0.1) is 15.0 Å². The van der Waals surface area contributed by atoms with Crippen LogP contribution < -0.4 is 11.3 Å². The minimum absolute atomic E-state index is 0.176. The Kier molecular flexibility index (Phi) is 2.24. The number of aromatic amines is 1. The number of pyridine rings is 1. The van der Waals surface area contributed by atoms with Crippen LogP contribution in [0.15, 0.2) is 29.1 Å². The van der Waals surface area contributed by atoms with E-state index in [9.17, 15) is 9.59 Å². The molecule has 1 amide bonds. The normalized spacial score (nSPS) is 11.2. The molecule has 1 aromatic carbocycles. The summed E-state index contributed by atoms with van der Waals surface area (Å²) in [5, 5.41) is 1.50. The van der Waals surface area contributed by atoms with Gasteiger partial charge in [-0.15, -0.1) is 11.3 Å². The number of amides is 1. The number of nitrogens with two attached hydrogens (primary N) is 1. The van der Waals surface area contributed by atoms with Gasteiger partial charge in [0.2, 0.25) is 0 Å². The minimum atomic E-state index is -0.489. The molecule has 0 bridgehead atoms. The molecular formula is C13H10N2O2S. The first kappa shape index (κ1) is 11.0. The third-order valence-corrected chi connectivity index (χ3v) is 4.36. The van der Waals surface area contributed by atoms with E-state index in [0.717, 1.165) is 15.6 Å². The van der Waals surface area contributed by atoms with Crippen molar-refractivity contribution in [1.29, 1.82) is 0 Å². The average Bonchev–Trinajstić information content (AvgIpc) is 2.68. The van der Waals surface area contributed by atoms with Crippen molar-refractivity contribution in [2.75, 3.05) is 0 Å². The van der Waals surface area contributed by atoms with Gasteiger partial charge in [-0.25, -0.2) is 0 Å². The van der Waals surface area contributed by atoms with Gasteiger partial charge in [0.1, 0.15) is 0 Å². The van der Waals surface area contributed by atoms with Crippen LogP contribution in [0.25, 0.3) is 21.0 Å². The Morgan fingerprint density at radius 1 is 1.33 bits per heavy atom. The SMILES string of the molecule is Cc1c(C(N)=O)sc2c1c(=O)[nH]c1ccccc12. The monoisotopic (exact) mass is 258 g/mol. The van der Waals surface area contributed by atoms with Crippen molar-refractivity contribution >= 4 is 38.2 Å². The zero-order valence-corrected chi connectivity index (χ0v) is 10.4. The Balaban J connectivity index is 2.62. The van der Waals surface area contributed by atoms with Crippen LogP contribution in [0.2, 0.25) is 0 Å². The fourth-order valence-electron chi connectivity index (χ4n) is 2.19. The number of benzene rings is 1. The molecule has 3 N–H and O–H groups in total. The number of rotatable bonds is 1. The fourth-order valence-corrected chi connectivity index (χ4v) is 3.38. The highest BCUT2D eigenvalue weighted by molar-refractivity contribution is 7.22. The number of hydrogen-bond donors (Lipinski definition) is 2. The van der Waals surface area contributed by atoms with E-state index in [1.807, 2.05) is 24.3 Å². The average molecular weight is 258 g/mol. The van der Waals surface area contributed by atoms with Crippen molar-refractivity contribution in [3.8, 4) is 0 Å². The second kappa shape index (κ2) is 3.68. The molecule has 5 heteroatoms. The van der Waals surface area contributed by atoms with E-state index in [0.29, 0.717) is 15.8 Å². The molecule has 4 nitrogen and oxygen atoms in total. The number of H-pyrrole nitrogens is 1. The maximum Gasteiger partial charge on any atom is 0.259 e.